The van der Waals surface area contributed by atoms with Crippen LogP contribution in [0.2, 0.25) is 0 Å². The summed E-state index contributed by atoms with van der Waals surface area (Å²) in [6.45, 7) is -0.266. The molecule has 0 heterocycles. The second-order valence-electron chi connectivity index (χ2n) is 5.58. The molecule has 0 aromatic heterocycles. The molecule has 0 saturated heterocycles. The fourth-order valence-corrected chi connectivity index (χ4v) is 3.18. The largest absolute Gasteiger partial charge is 0.493 e. The zero-order valence-corrected chi connectivity index (χ0v) is 15.3. The second kappa shape index (κ2) is 9.19. The Hall–Kier alpha value is -2.61. The first-order valence-corrected chi connectivity index (χ1v) is 8.71. The number of carbonyl (C=O) groups excluding carboxylic acids is 1. The van der Waals surface area contributed by atoms with E-state index in [-0.39, 0.29) is 24.6 Å². The SMILES string of the molecule is CN(C)C(=O)c1cc(OCCCF)ccc1Sc1ccccc1[N+](=O)[O-]. The molecule has 0 N–H and O–H groups in total. The molecule has 0 saturated carbocycles. The van der Waals surface area contributed by atoms with Crippen molar-refractivity contribution in [1.29, 1.82) is 0 Å². The number of nitro benzene ring substituents is 1. The monoisotopic (exact) mass is 378 g/mol. The summed E-state index contributed by atoms with van der Waals surface area (Å²) in [6.07, 6.45) is 0.268. The molecule has 2 rings (SSSR count). The fraction of sp³-hybridized carbons (Fsp3) is 0.278. The Morgan fingerprint density at radius 1 is 1.23 bits per heavy atom. The van der Waals surface area contributed by atoms with Crippen molar-refractivity contribution in [3.8, 4) is 5.75 Å². The number of carbonyl (C=O) groups is 1. The first kappa shape index (κ1) is 19.7. The van der Waals surface area contributed by atoms with Crippen LogP contribution in [0.25, 0.3) is 0 Å². The molecule has 0 radical (unpaired) electrons. The molecule has 6 nitrogen and oxygen atoms in total. The van der Waals surface area contributed by atoms with E-state index in [1.54, 1.807) is 50.5 Å². The molecule has 0 aliphatic carbocycles. The van der Waals surface area contributed by atoms with Gasteiger partial charge < -0.3 is 9.64 Å². The first-order chi connectivity index (χ1) is 12.4. The number of rotatable bonds is 8. The molecule has 2 aromatic carbocycles. The Kier molecular flexibility index (Phi) is 6.97. The van der Waals surface area contributed by atoms with Crippen molar-refractivity contribution in [2.45, 2.75) is 16.2 Å². The second-order valence-corrected chi connectivity index (χ2v) is 6.66. The maximum atomic E-state index is 12.5. The standard InChI is InChI=1S/C18H19FN2O4S/c1-20(2)18(22)14-12-13(25-11-5-10-19)8-9-16(14)26-17-7-4-3-6-15(17)21(23)24/h3-4,6-9,12H,5,10-11H2,1-2H3. The van der Waals surface area contributed by atoms with Gasteiger partial charge in [-0.3, -0.25) is 19.3 Å². The average molecular weight is 378 g/mol. The van der Waals surface area contributed by atoms with Gasteiger partial charge in [0.2, 0.25) is 0 Å². The van der Waals surface area contributed by atoms with Gasteiger partial charge in [0, 0.05) is 31.5 Å². The van der Waals surface area contributed by atoms with Crippen LogP contribution in [0.4, 0.5) is 10.1 Å². The summed E-state index contributed by atoms with van der Waals surface area (Å²) in [7, 11) is 3.25. The predicted molar refractivity (Wildman–Crippen MR) is 97.8 cm³/mol. The molecule has 0 atom stereocenters. The Bertz CT molecular complexity index is 799. The van der Waals surface area contributed by atoms with E-state index in [1.165, 1.54) is 11.0 Å². The highest BCUT2D eigenvalue weighted by Gasteiger charge is 2.19. The molecule has 0 aliphatic rings. The van der Waals surface area contributed by atoms with Gasteiger partial charge in [0.25, 0.3) is 11.6 Å². The van der Waals surface area contributed by atoms with Crippen molar-refractivity contribution < 1.29 is 18.8 Å². The molecular formula is C18H19FN2O4S. The zero-order chi connectivity index (χ0) is 19.1. The van der Waals surface area contributed by atoms with E-state index in [1.807, 2.05) is 0 Å². The fourth-order valence-electron chi connectivity index (χ4n) is 2.15. The van der Waals surface area contributed by atoms with Gasteiger partial charge in [0.1, 0.15) is 5.75 Å². The number of nitrogens with zero attached hydrogens (tertiary/aromatic N) is 2. The van der Waals surface area contributed by atoms with Crippen LogP contribution in [0.1, 0.15) is 16.8 Å². The summed E-state index contributed by atoms with van der Waals surface area (Å²) >= 11 is 1.15. The van der Waals surface area contributed by atoms with Crippen LogP contribution in [0, 0.1) is 10.1 Å². The molecule has 0 aliphatic heterocycles. The molecule has 0 spiro atoms. The third-order valence-corrected chi connectivity index (χ3v) is 4.56. The normalized spacial score (nSPS) is 10.4. The maximum absolute atomic E-state index is 12.5. The van der Waals surface area contributed by atoms with Crippen LogP contribution in [-0.4, -0.2) is 43.1 Å². The minimum atomic E-state index is -0.477. The van der Waals surface area contributed by atoms with Crippen LogP contribution in [0.3, 0.4) is 0 Å². The van der Waals surface area contributed by atoms with E-state index < -0.39 is 11.6 Å². The summed E-state index contributed by atoms with van der Waals surface area (Å²) in [4.78, 5) is 25.7. The number of nitro groups is 1. The van der Waals surface area contributed by atoms with E-state index in [4.69, 9.17) is 4.74 Å². The van der Waals surface area contributed by atoms with Gasteiger partial charge >= 0.3 is 0 Å². The highest BCUT2D eigenvalue weighted by atomic mass is 32.2. The molecule has 26 heavy (non-hydrogen) atoms. The van der Waals surface area contributed by atoms with E-state index in [0.29, 0.717) is 21.1 Å². The van der Waals surface area contributed by atoms with Crippen molar-refractivity contribution in [2.75, 3.05) is 27.4 Å². The number of alkyl halides is 1. The Morgan fingerprint density at radius 2 is 1.96 bits per heavy atom. The minimum absolute atomic E-state index is 0.0241. The lowest BCUT2D eigenvalue weighted by Gasteiger charge is -2.15. The number of hydrogen-bond donors (Lipinski definition) is 0. The average Bonchev–Trinajstić information content (AvgIpc) is 2.62. The van der Waals surface area contributed by atoms with Crippen molar-refractivity contribution in [3.63, 3.8) is 0 Å². The van der Waals surface area contributed by atoms with E-state index in [2.05, 4.69) is 0 Å². The molecule has 2 aromatic rings. The van der Waals surface area contributed by atoms with Gasteiger partial charge in [-0.25, -0.2) is 0 Å². The van der Waals surface area contributed by atoms with Crippen LogP contribution in [0.15, 0.2) is 52.3 Å². The molecule has 138 valence electrons. The molecule has 0 bridgehead atoms. The molecule has 8 heteroatoms. The summed E-state index contributed by atoms with van der Waals surface area (Å²) in [5.74, 6) is 0.206. The van der Waals surface area contributed by atoms with E-state index >= 15 is 0 Å². The number of para-hydroxylation sites is 1. The highest BCUT2D eigenvalue weighted by molar-refractivity contribution is 7.99. The van der Waals surface area contributed by atoms with Gasteiger partial charge in [0.05, 0.1) is 28.7 Å². The van der Waals surface area contributed by atoms with E-state index in [9.17, 15) is 19.3 Å². The number of benzene rings is 2. The Morgan fingerprint density at radius 3 is 2.62 bits per heavy atom. The van der Waals surface area contributed by atoms with Crippen molar-refractivity contribution >= 4 is 23.4 Å². The third-order valence-electron chi connectivity index (χ3n) is 3.42. The number of ether oxygens (including phenoxy) is 1. The summed E-state index contributed by atoms with van der Waals surface area (Å²) < 4.78 is 17.7. The van der Waals surface area contributed by atoms with Crippen LogP contribution in [-0.2, 0) is 0 Å². The summed E-state index contributed by atoms with van der Waals surface area (Å²) in [5, 5.41) is 11.2. The first-order valence-electron chi connectivity index (χ1n) is 7.89. The van der Waals surface area contributed by atoms with Crippen molar-refractivity contribution in [3.05, 3.63) is 58.1 Å². The zero-order valence-electron chi connectivity index (χ0n) is 14.5. The number of amides is 1. The smallest absolute Gasteiger partial charge is 0.283 e. The van der Waals surface area contributed by atoms with Gasteiger partial charge in [-0.05, 0) is 24.3 Å². The van der Waals surface area contributed by atoms with Crippen LogP contribution < -0.4 is 4.74 Å². The third kappa shape index (κ3) is 4.95. The Labute approximate surface area is 155 Å². The van der Waals surface area contributed by atoms with Gasteiger partial charge in [0.15, 0.2) is 0 Å². The topological polar surface area (TPSA) is 72.7 Å². The highest BCUT2D eigenvalue weighted by Crippen LogP contribution is 2.37. The molecular weight excluding hydrogens is 359 g/mol. The van der Waals surface area contributed by atoms with Crippen molar-refractivity contribution in [1.82, 2.24) is 4.90 Å². The van der Waals surface area contributed by atoms with Gasteiger partial charge in [-0.2, -0.15) is 0 Å². The molecule has 0 unspecified atom stereocenters. The molecule has 0 fully saturated rings. The van der Waals surface area contributed by atoms with Gasteiger partial charge in [-0.15, -0.1) is 0 Å². The maximum Gasteiger partial charge on any atom is 0.283 e. The number of halogens is 1. The lowest BCUT2D eigenvalue weighted by Crippen LogP contribution is -2.22. The molecule has 1 amide bonds. The van der Waals surface area contributed by atoms with Gasteiger partial charge in [-0.1, -0.05) is 23.9 Å². The predicted octanol–water partition coefficient (Wildman–Crippen LogP) is 4.19. The Balaban J connectivity index is 2.38. The van der Waals surface area contributed by atoms with Crippen LogP contribution >= 0.6 is 11.8 Å². The summed E-state index contributed by atoms with van der Waals surface area (Å²) in [6, 6.07) is 11.3. The van der Waals surface area contributed by atoms with E-state index in [0.717, 1.165) is 11.8 Å². The minimum Gasteiger partial charge on any atom is -0.493 e. The summed E-state index contributed by atoms with van der Waals surface area (Å²) in [5.41, 5.74) is 0.347. The van der Waals surface area contributed by atoms with Crippen molar-refractivity contribution in [2.24, 2.45) is 0 Å². The lowest BCUT2D eigenvalue weighted by atomic mass is 10.2. The van der Waals surface area contributed by atoms with Crippen LogP contribution in [0.5, 0.6) is 5.75 Å². The lowest BCUT2D eigenvalue weighted by molar-refractivity contribution is -0.387. The quantitative estimate of drug-likeness (QED) is 0.391. The number of hydrogen-bond acceptors (Lipinski definition) is 5.